The number of rotatable bonds is 11. The summed E-state index contributed by atoms with van der Waals surface area (Å²) in [6.07, 6.45) is 2.91. The molecule has 2 amide bonds. The maximum atomic E-state index is 12.8. The maximum absolute atomic E-state index is 12.8. The van der Waals surface area contributed by atoms with E-state index in [1.54, 1.807) is 0 Å². The number of ether oxygens (including phenoxy) is 2. The monoisotopic (exact) mass is 475 g/mol. The average molecular weight is 476 g/mol. The summed E-state index contributed by atoms with van der Waals surface area (Å²) >= 11 is 3.79. The molecule has 3 atom stereocenters. The maximum Gasteiger partial charge on any atom is 0.338 e. The number of carbonyl (C=O) groups is 5. The van der Waals surface area contributed by atoms with Gasteiger partial charge in [0.15, 0.2) is 5.12 Å². The molecule has 0 saturated carbocycles. The van der Waals surface area contributed by atoms with Crippen molar-refractivity contribution >= 4 is 47.2 Å². The number of hydrogen-bond donors (Lipinski definition) is 4. The van der Waals surface area contributed by atoms with Crippen LogP contribution in [0.4, 0.5) is 5.69 Å². The highest BCUT2D eigenvalue weighted by atomic mass is 32.1. The van der Waals surface area contributed by atoms with E-state index >= 15 is 0 Å². The van der Waals surface area contributed by atoms with Crippen LogP contribution in [0, 0.1) is 11.8 Å². The predicted octanol–water partition coefficient (Wildman–Crippen LogP) is 0.847. The highest BCUT2D eigenvalue weighted by Crippen LogP contribution is 2.27. The molecule has 1 unspecified atom stereocenters. The lowest BCUT2D eigenvalue weighted by molar-refractivity contribution is -0.151. The van der Waals surface area contributed by atoms with Crippen molar-refractivity contribution in [2.45, 2.75) is 12.5 Å². The minimum absolute atomic E-state index is 0.00502. The van der Waals surface area contributed by atoms with Crippen LogP contribution in [-0.4, -0.2) is 54.7 Å². The molecule has 1 saturated heterocycles. The number of primary amides is 1. The van der Waals surface area contributed by atoms with Crippen LogP contribution in [0.25, 0.3) is 0 Å². The van der Waals surface area contributed by atoms with E-state index in [0.29, 0.717) is 0 Å². The Morgan fingerprint density at radius 3 is 2.45 bits per heavy atom. The lowest BCUT2D eigenvalue weighted by atomic mass is 9.90. The summed E-state index contributed by atoms with van der Waals surface area (Å²) in [5.74, 6) is -4.44. The number of anilines is 1. The molecule has 0 radical (unpaired) electrons. The summed E-state index contributed by atoms with van der Waals surface area (Å²) in [5.41, 5.74) is 5.50. The largest absolute Gasteiger partial charge is 0.461 e. The fourth-order valence-electron chi connectivity index (χ4n) is 3.37. The van der Waals surface area contributed by atoms with Crippen LogP contribution in [0.1, 0.15) is 27.1 Å². The van der Waals surface area contributed by atoms with E-state index in [0.717, 1.165) is 0 Å². The molecule has 0 bridgehead atoms. The number of hydrogen-bond acceptors (Lipinski definition) is 8. The van der Waals surface area contributed by atoms with Gasteiger partial charge in [-0.15, -0.1) is 12.6 Å². The number of benzene rings is 1. The van der Waals surface area contributed by atoms with E-state index in [9.17, 15) is 24.0 Å². The minimum atomic E-state index is -1.15. The van der Waals surface area contributed by atoms with Gasteiger partial charge in [0.2, 0.25) is 5.91 Å². The number of amides is 2. The van der Waals surface area contributed by atoms with E-state index in [1.807, 2.05) is 0 Å². The molecule has 1 aliphatic rings. The SMILES string of the molecule is C=CCOC(=O)c1ccc(C(N)=O)c(NC(=O)[C@@H]2C[C@@H](C(C(=O)S)C(=O)OCC=C)CN2)c1. The molecule has 1 aromatic rings. The molecule has 0 spiro atoms. The Labute approximate surface area is 196 Å². The molecule has 1 aliphatic heterocycles. The molecule has 0 aromatic heterocycles. The molecular weight excluding hydrogens is 450 g/mol. The quantitative estimate of drug-likeness (QED) is 0.159. The first-order valence-electron chi connectivity index (χ1n) is 9.96. The van der Waals surface area contributed by atoms with Gasteiger partial charge >= 0.3 is 11.9 Å². The van der Waals surface area contributed by atoms with Crippen LogP contribution in [0.2, 0.25) is 0 Å². The second kappa shape index (κ2) is 12.0. The van der Waals surface area contributed by atoms with Gasteiger partial charge in [0.25, 0.3) is 5.91 Å². The summed E-state index contributed by atoms with van der Waals surface area (Å²) in [7, 11) is 0. The van der Waals surface area contributed by atoms with E-state index in [-0.39, 0.29) is 43.0 Å². The highest BCUT2D eigenvalue weighted by molar-refractivity contribution is 7.96. The van der Waals surface area contributed by atoms with Crippen LogP contribution >= 0.6 is 12.6 Å². The topological polar surface area (TPSA) is 154 Å². The van der Waals surface area contributed by atoms with Crippen LogP contribution in [-0.2, 0) is 23.9 Å². The average Bonchev–Trinajstić information content (AvgIpc) is 3.25. The Morgan fingerprint density at radius 2 is 1.85 bits per heavy atom. The Kier molecular flexibility index (Phi) is 9.37. The first-order valence-corrected chi connectivity index (χ1v) is 10.4. The fourth-order valence-corrected chi connectivity index (χ4v) is 3.69. The lowest BCUT2D eigenvalue weighted by Gasteiger charge is -2.18. The van der Waals surface area contributed by atoms with E-state index in [2.05, 4.69) is 36.4 Å². The highest BCUT2D eigenvalue weighted by Gasteiger charge is 2.41. The third kappa shape index (κ3) is 6.77. The van der Waals surface area contributed by atoms with Gasteiger partial charge < -0.3 is 25.8 Å². The first-order chi connectivity index (χ1) is 15.7. The van der Waals surface area contributed by atoms with Gasteiger partial charge in [-0.05, 0) is 30.5 Å². The Morgan fingerprint density at radius 1 is 1.18 bits per heavy atom. The van der Waals surface area contributed by atoms with Gasteiger partial charge in [-0.25, -0.2) is 4.79 Å². The predicted molar refractivity (Wildman–Crippen MR) is 123 cm³/mol. The van der Waals surface area contributed by atoms with Crippen LogP contribution in [0.3, 0.4) is 0 Å². The second-order valence-corrected chi connectivity index (χ2v) is 7.63. The van der Waals surface area contributed by atoms with Crippen molar-refractivity contribution in [3.8, 4) is 0 Å². The fraction of sp³-hybridized carbons (Fsp3) is 0.318. The molecular formula is C22H25N3O7S. The van der Waals surface area contributed by atoms with Crippen molar-refractivity contribution < 1.29 is 33.4 Å². The molecule has 176 valence electrons. The molecule has 11 heteroatoms. The van der Waals surface area contributed by atoms with Crippen molar-refractivity contribution in [1.82, 2.24) is 5.32 Å². The lowest BCUT2D eigenvalue weighted by Crippen LogP contribution is -2.36. The smallest absolute Gasteiger partial charge is 0.338 e. The number of nitrogens with two attached hydrogens (primary N) is 1. The molecule has 1 aromatic carbocycles. The standard InChI is InChI=1S/C22H25N3O7S/c1-3-7-31-20(28)12-5-6-14(18(23)26)15(9-12)25-19(27)16-10-13(11-24-16)17(22(30)33)21(29)32-8-4-2/h3-6,9,13,16-17,24H,1-2,7-8,10-11H2,(H2,23,26)(H,25,27)(H,30,33)/t13-,16+,17?/m1/s1. The van der Waals surface area contributed by atoms with E-state index < -0.39 is 46.7 Å². The van der Waals surface area contributed by atoms with Gasteiger partial charge in [0.05, 0.1) is 22.9 Å². The number of nitrogens with one attached hydrogen (secondary N) is 2. The van der Waals surface area contributed by atoms with Gasteiger partial charge in [-0.1, -0.05) is 25.3 Å². The summed E-state index contributed by atoms with van der Waals surface area (Å²) < 4.78 is 9.93. The van der Waals surface area contributed by atoms with Crippen molar-refractivity contribution in [3.63, 3.8) is 0 Å². The molecule has 33 heavy (non-hydrogen) atoms. The normalized spacial score (nSPS) is 18.0. The summed E-state index contributed by atoms with van der Waals surface area (Å²) in [5, 5.41) is 4.85. The zero-order valence-electron chi connectivity index (χ0n) is 17.7. The van der Waals surface area contributed by atoms with E-state index in [1.165, 1.54) is 30.4 Å². The Balaban J connectivity index is 2.16. The zero-order chi connectivity index (χ0) is 24.5. The van der Waals surface area contributed by atoms with Gasteiger partial charge in [-0.2, -0.15) is 0 Å². The van der Waals surface area contributed by atoms with Crippen molar-refractivity contribution in [2.75, 3.05) is 25.1 Å². The number of carbonyl (C=O) groups excluding carboxylic acids is 5. The van der Waals surface area contributed by atoms with Crippen LogP contribution in [0.5, 0.6) is 0 Å². The molecule has 1 fully saturated rings. The molecule has 0 aliphatic carbocycles. The van der Waals surface area contributed by atoms with Gasteiger partial charge in [0, 0.05) is 6.54 Å². The number of esters is 2. The van der Waals surface area contributed by atoms with Crippen LogP contribution in [0.15, 0.2) is 43.5 Å². The summed E-state index contributed by atoms with van der Waals surface area (Å²) in [6.45, 7) is 7.03. The van der Waals surface area contributed by atoms with Crippen molar-refractivity contribution in [2.24, 2.45) is 17.6 Å². The van der Waals surface area contributed by atoms with Crippen molar-refractivity contribution in [3.05, 3.63) is 54.6 Å². The van der Waals surface area contributed by atoms with Gasteiger partial charge in [-0.3, -0.25) is 19.2 Å². The van der Waals surface area contributed by atoms with Crippen LogP contribution < -0.4 is 16.4 Å². The second-order valence-electron chi connectivity index (χ2n) is 7.19. The van der Waals surface area contributed by atoms with E-state index in [4.69, 9.17) is 15.2 Å². The van der Waals surface area contributed by atoms with Crippen molar-refractivity contribution in [1.29, 1.82) is 0 Å². The Bertz CT molecular complexity index is 979. The minimum Gasteiger partial charge on any atom is -0.461 e. The molecule has 4 N–H and O–H groups in total. The molecule has 1 heterocycles. The summed E-state index contributed by atoms with van der Waals surface area (Å²) in [6, 6.07) is 3.15. The molecule has 2 rings (SSSR count). The number of thiol groups is 1. The summed E-state index contributed by atoms with van der Waals surface area (Å²) in [4.78, 5) is 60.8. The first kappa shape index (κ1) is 25.8. The van der Waals surface area contributed by atoms with Gasteiger partial charge in [0.1, 0.15) is 19.1 Å². The zero-order valence-corrected chi connectivity index (χ0v) is 18.6. The Hall–Kier alpha value is -3.44. The third-order valence-electron chi connectivity index (χ3n) is 4.93. The molecule has 10 nitrogen and oxygen atoms in total. The third-order valence-corrected chi connectivity index (χ3v) is 5.21.